The van der Waals surface area contributed by atoms with Gasteiger partial charge in [0.05, 0.1) is 17.4 Å². The fraction of sp³-hybridized carbons (Fsp3) is 0.0952. The van der Waals surface area contributed by atoms with Crippen molar-refractivity contribution in [3.63, 3.8) is 0 Å². The van der Waals surface area contributed by atoms with Gasteiger partial charge in [-0.05, 0) is 35.4 Å². The Balaban J connectivity index is 1.74. The lowest BCUT2D eigenvalue weighted by Crippen LogP contribution is -2.18. The molecule has 0 N–H and O–H groups in total. The van der Waals surface area contributed by atoms with Gasteiger partial charge in [-0.2, -0.15) is 5.10 Å². The maximum atomic E-state index is 4.95. The van der Waals surface area contributed by atoms with Crippen molar-refractivity contribution >= 4 is 27.3 Å². The van der Waals surface area contributed by atoms with Gasteiger partial charge in [-0.15, -0.1) is 0 Å². The molecule has 3 heteroatoms. The topological polar surface area (TPSA) is 15.6 Å². The molecule has 118 valence electrons. The van der Waals surface area contributed by atoms with Crippen LogP contribution in [0.5, 0.6) is 0 Å². The molecule has 0 aliphatic carbocycles. The summed E-state index contributed by atoms with van der Waals surface area (Å²) in [7, 11) is 0. The van der Waals surface area contributed by atoms with Crippen molar-refractivity contribution in [3.8, 4) is 0 Å². The molecule has 3 aromatic rings. The van der Waals surface area contributed by atoms with E-state index in [2.05, 4.69) is 93.7 Å². The Hall–Kier alpha value is -2.39. The second-order valence-corrected chi connectivity index (χ2v) is 6.78. The van der Waals surface area contributed by atoms with Gasteiger partial charge in [-0.25, -0.2) is 0 Å². The van der Waals surface area contributed by atoms with Gasteiger partial charge in [0, 0.05) is 10.9 Å². The van der Waals surface area contributed by atoms with E-state index in [4.69, 9.17) is 5.10 Å². The molecule has 1 aliphatic heterocycles. The van der Waals surface area contributed by atoms with Crippen LogP contribution in [0.2, 0.25) is 0 Å². The lowest BCUT2D eigenvalue weighted by Gasteiger charge is -2.24. The van der Waals surface area contributed by atoms with E-state index in [1.807, 2.05) is 12.1 Å². The first-order chi connectivity index (χ1) is 11.8. The second kappa shape index (κ2) is 6.62. The number of nitrogens with zero attached hydrogens (tertiary/aromatic N) is 2. The number of halogens is 1. The molecule has 1 unspecified atom stereocenters. The van der Waals surface area contributed by atoms with Crippen molar-refractivity contribution in [1.82, 2.24) is 0 Å². The van der Waals surface area contributed by atoms with Gasteiger partial charge >= 0.3 is 0 Å². The fourth-order valence-corrected chi connectivity index (χ4v) is 3.34. The van der Waals surface area contributed by atoms with Crippen LogP contribution in [0.15, 0.2) is 94.5 Å². The van der Waals surface area contributed by atoms with Gasteiger partial charge in [0.1, 0.15) is 0 Å². The Morgan fingerprint density at radius 1 is 0.792 bits per heavy atom. The molecule has 1 atom stereocenters. The van der Waals surface area contributed by atoms with Crippen LogP contribution in [-0.4, -0.2) is 5.71 Å². The van der Waals surface area contributed by atoms with E-state index in [1.165, 1.54) is 11.1 Å². The smallest absolute Gasteiger partial charge is 0.0831 e. The van der Waals surface area contributed by atoms with E-state index in [0.717, 1.165) is 22.3 Å². The van der Waals surface area contributed by atoms with E-state index >= 15 is 0 Å². The highest BCUT2D eigenvalue weighted by Crippen LogP contribution is 2.36. The zero-order valence-corrected chi connectivity index (χ0v) is 14.7. The minimum absolute atomic E-state index is 0.218. The zero-order chi connectivity index (χ0) is 16.4. The molecule has 4 rings (SSSR count). The quantitative estimate of drug-likeness (QED) is 0.563. The molecular formula is C21H17BrN2. The molecule has 3 aromatic carbocycles. The molecule has 0 fully saturated rings. The third kappa shape index (κ3) is 3.00. The zero-order valence-electron chi connectivity index (χ0n) is 13.1. The van der Waals surface area contributed by atoms with Gasteiger partial charge in [0.25, 0.3) is 0 Å². The third-order valence-corrected chi connectivity index (χ3v) is 4.82. The first-order valence-electron chi connectivity index (χ1n) is 8.04. The van der Waals surface area contributed by atoms with E-state index in [1.54, 1.807) is 0 Å². The maximum Gasteiger partial charge on any atom is 0.0831 e. The summed E-state index contributed by atoms with van der Waals surface area (Å²) in [4.78, 5) is 0. The standard InChI is InChI=1S/C21H17BrN2/c22-18-13-11-17(12-14-18)21-15-20(16-7-3-1-4-8-16)23-24(21)19-9-5-2-6-10-19/h1-14,21H,15H2. The Labute approximate surface area is 150 Å². The number of anilines is 1. The van der Waals surface area contributed by atoms with Gasteiger partial charge in [0.2, 0.25) is 0 Å². The van der Waals surface area contributed by atoms with Crippen molar-refractivity contribution in [3.05, 3.63) is 101 Å². The molecule has 0 bridgehead atoms. The van der Waals surface area contributed by atoms with Gasteiger partial charge in [-0.3, -0.25) is 5.01 Å². The average molecular weight is 377 g/mol. The summed E-state index contributed by atoms with van der Waals surface area (Å²) in [5.41, 5.74) is 4.72. The highest BCUT2D eigenvalue weighted by molar-refractivity contribution is 9.10. The number of benzene rings is 3. The SMILES string of the molecule is Brc1ccc(C2CC(c3ccccc3)=NN2c2ccccc2)cc1. The average Bonchev–Trinajstić information content (AvgIpc) is 3.09. The van der Waals surface area contributed by atoms with Crippen molar-refractivity contribution in [2.75, 3.05) is 5.01 Å². The van der Waals surface area contributed by atoms with E-state index in [-0.39, 0.29) is 6.04 Å². The molecule has 2 nitrogen and oxygen atoms in total. The summed E-state index contributed by atoms with van der Waals surface area (Å²) in [6.07, 6.45) is 0.903. The number of para-hydroxylation sites is 1. The summed E-state index contributed by atoms with van der Waals surface area (Å²) in [6.45, 7) is 0. The van der Waals surface area contributed by atoms with Crippen LogP contribution in [-0.2, 0) is 0 Å². The Morgan fingerprint density at radius 3 is 2.08 bits per heavy atom. The van der Waals surface area contributed by atoms with Crippen LogP contribution in [0.1, 0.15) is 23.6 Å². The largest absolute Gasteiger partial charge is 0.257 e. The predicted molar refractivity (Wildman–Crippen MR) is 103 cm³/mol. The lowest BCUT2D eigenvalue weighted by atomic mass is 9.98. The van der Waals surface area contributed by atoms with Crippen LogP contribution in [0.25, 0.3) is 0 Å². The molecule has 0 amide bonds. The van der Waals surface area contributed by atoms with Crippen LogP contribution in [0, 0.1) is 0 Å². The third-order valence-electron chi connectivity index (χ3n) is 4.29. The van der Waals surface area contributed by atoms with Crippen LogP contribution in [0.4, 0.5) is 5.69 Å². The summed E-state index contributed by atoms with van der Waals surface area (Å²) in [5, 5.41) is 7.09. The highest BCUT2D eigenvalue weighted by atomic mass is 79.9. The second-order valence-electron chi connectivity index (χ2n) is 5.86. The fourth-order valence-electron chi connectivity index (χ4n) is 3.08. The Morgan fingerprint density at radius 2 is 1.42 bits per heavy atom. The molecule has 24 heavy (non-hydrogen) atoms. The highest BCUT2D eigenvalue weighted by Gasteiger charge is 2.29. The van der Waals surface area contributed by atoms with E-state index in [9.17, 15) is 0 Å². The molecule has 1 aliphatic rings. The summed E-state index contributed by atoms with van der Waals surface area (Å²) in [6, 6.07) is 29.6. The summed E-state index contributed by atoms with van der Waals surface area (Å²) < 4.78 is 1.10. The molecule has 0 spiro atoms. The number of rotatable bonds is 3. The molecule has 0 saturated carbocycles. The molecule has 0 aromatic heterocycles. The predicted octanol–water partition coefficient (Wildman–Crippen LogP) is 5.80. The molecule has 0 radical (unpaired) electrons. The van der Waals surface area contributed by atoms with Gasteiger partial charge in [-0.1, -0.05) is 76.6 Å². The van der Waals surface area contributed by atoms with E-state index < -0.39 is 0 Å². The van der Waals surface area contributed by atoms with Gasteiger partial charge < -0.3 is 0 Å². The summed E-state index contributed by atoms with van der Waals surface area (Å²) >= 11 is 3.52. The summed E-state index contributed by atoms with van der Waals surface area (Å²) in [5.74, 6) is 0. The van der Waals surface area contributed by atoms with Crippen molar-refractivity contribution in [2.45, 2.75) is 12.5 Å². The first-order valence-corrected chi connectivity index (χ1v) is 8.83. The molecule has 1 heterocycles. The van der Waals surface area contributed by atoms with Crippen molar-refractivity contribution in [2.24, 2.45) is 5.10 Å². The molecule has 0 saturated heterocycles. The minimum atomic E-state index is 0.218. The number of hydrogen-bond donors (Lipinski definition) is 0. The monoisotopic (exact) mass is 376 g/mol. The van der Waals surface area contributed by atoms with Crippen LogP contribution in [0.3, 0.4) is 0 Å². The number of hydrazone groups is 1. The molecular weight excluding hydrogens is 360 g/mol. The van der Waals surface area contributed by atoms with Crippen molar-refractivity contribution in [1.29, 1.82) is 0 Å². The maximum absolute atomic E-state index is 4.95. The Bertz CT molecular complexity index is 842. The van der Waals surface area contributed by atoms with Gasteiger partial charge in [0.15, 0.2) is 0 Å². The first kappa shape index (κ1) is 15.2. The minimum Gasteiger partial charge on any atom is -0.257 e. The van der Waals surface area contributed by atoms with Crippen molar-refractivity contribution < 1.29 is 0 Å². The van der Waals surface area contributed by atoms with Crippen LogP contribution >= 0.6 is 15.9 Å². The Kier molecular flexibility index (Phi) is 4.18. The van der Waals surface area contributed by atoms with Crippen LogP contribution < -0.4 is 5.01 Å². The lowest BCUT2D eigenvalue weighted by molar-refractivity contribution is 0.709. The number of hydrogen-bond acceptors (Lipinski definition) is 2. The normalized spacial score (nSPS) is 17.0. The van der Waals surface area contributed by atoms with E-state index in [0.29, 0.717) is 0 Å².